The lowest BCUT2D eigenvalue weighted by Gasteiger charge is -2.31. The standard InChI is InChI=1S/C10H20N2O2.ClH/c1-7(11)10(14)12-9-5-3-2-4-8(9)6-13;/h7-9,13H,2-6,11H2,1H3,(H,12,14);1H. The maximum Gasteiger partial charge on any atom is 0.236 e. The minimum absolute atomic E-state index is 0. The van der Waals surface area contributed by atoms with Crippen molar-refractivity contribution in [1.82, 2.24) is 5.32 Å². The molecule has 0 aliphatic heterocycles. The Hall–Kier alpha value is -0.320. The highest BCUT2D eigenvalue weighted by Gasteiger charge is 2.26. The summed E-state index contributed by atoms with van der Waals surface area (Å²) in [5.74, 6) is 0.0989. The number of hydrogen-bond donors (Lipinski definition) is 3. The van der Waals surface area contributed by atoms with Gasteiger partial charge in [0.25, 0.3) is 0 Å². The topological polar surface area (TPSA) is 75.4 Å². The molecular weight excluding hydrogens is 216 g/mol. The molecule has 15 heavy (non-hydrogen) atoms. The second-order valence-corrected chi connectivity index (χ2v) is 4.13. The molecule has 0 radical (unpaired) electrons. The normalized spacial score (nSPS) is 27.7. The van der Waals surface area contributed by atoms with E-state index in [4.69, 9.17) is 10.8 Å². The van der Waals surface area contributed by atoms with E-state index < -0.39 is 6.04 Å². The number of hydrogen-bond acceptors (Lipinski definition) is 3. The number of carbonyl (C=O) groups excluding carboxylic acids is 1. The molecule has 4 N–H and O–H groups in total. The third kappa shape index (κ3) is 4.36. The SMILES string of the molecule is CC(N)C(=O)NC1CCCCC1CO.Cl. The van der Waals surface area contributed by atoms with Crippen molar-refractivity contribution in [2.45, 2.75) is 44.7 Å². The van der Waals surface area contributed by atoms with Crippen LogP contribution < -0.4 is 11.1 Å². The van der Waals surface area contributed by atoms with Crippen molar-refractivity contribution in [1.29, 1.82) is 0 Å². The molecule has 4 nitrogen and oxygen atoms in total. The molecule has 0 saturated heterocycles. The Labute approximate surface area is 97.0 Å². The van der Waals surface area contributed by atoms with E-state index in [1.54, 1.807) is 6.92 Å². The number of halogens is 1. The Bertz CT molecular complexity index is 200. The zero-order valence-electron chi connectivity index (χ0n) is 9.11. The summed E-state index contributed by atoms with van der Waals surface area (Å²) in [7, 11) is 0. The summed E-state index contributed by atoms with van der Waals surface area (Å²) in [6.45, 7) is 1.83. The van der Waals surface area contributed by atoms with Gasteiger partial charge in [-0.05, 0) is 19.8 Å². The van der Waals surface area contributed by atoms with Crippen molar-refractivity contribution in [3.05, 3.63) is 0 Å². The lowest BCUT2D eigenvalue weighted by atomic mass is 9.85. The smallest absolute Gasteiger partial charge is 0.236 e. The number of amides is 1. The molecule has 3 atom stereocenters. The summed E-state index contributed by atoms with van der Waals surface area (Å²) >= 11 is 0. The fourth-order valence-corrected chi connectivity index (χ4v) is 1.93. The van der Waals surface area contributed by atoms with Crippen LogP contribution >= 0.6 is 12.4 Å². The van der Waals surface area contributed by atoms with Crippen LogP contribution in [0.1, 0.15) is 32.6 Å². The Balaban J connectivity index is 0.00000196. The quantitative estimate of drug-likeness (QED) is 0.665. The van der Waals surface area contributed by atoms with Crippen LogP contribution in [-0.4, -0.2) is 29.7 Å². The van der Waals surface area contributed by atoms with Crippen LogP contribution in [0.5, 0.6) is 0 Å². The van der Waals surface area contributed by atoms with Crippen LogP contribution in [0.15, 0.2) is 0 Å². The van der Waals surface area contributed by atoms with Crippen molar-refractivity contribution in [2.75, 3.05) is 6.61 Å². The maximum absolute atomic E-state index is 11.4. The molecular formula is C10H21ClN2O2. The molecule has 0 aromatic heterocycles. The lowest BCUT2D eigenvalue weighted by molar-refractivity contribution is -0.123. The highest BCUT2D eigenvalue weighted by Crippen LogP contribution is 2.23. The Morgan fingerprint density at radius 2 is 2.13 bits per heavy atom. The first-order valence-corrected chi connectivity index (χ1v) is 5.32. The predicted molar refractivity (Wildman–Crippen MR) is 61.9 cm³/mol. The van der Waals surface area contributed by atoms with E-state index in [0.717, 1.165) is 25.7 Å². The van der Waals surface area contributed by atoms with Gasteiger partial charge < -0.3 is 16.2 Å². The Kier molecular flexibility index (Phi) is 6.89. The van der Waals surface area contributed by atoms with E-state index in [-0.39, 0.29) is 36.9 Å². The number of rotatable bonds is 3. The predicted octanol–water partition coefficient (Wildman–Crippen LogP) is 0.423. The number of nitrogens with one attached hydrogen (secondary N) is 1. The van der Waals surface area contributed by atoms with Gasteiger partial charge >= 0.3 is 0 Å². The fraction of sp³-hybridized carbons (Fsp3) is 0.900. The monoisotopic (exact) mass is 236 g/mol. The molecule has 1 aliphatic rings. The first-order valence-electron chi connectivity index (χ1n) is 5.32. The van der Waals surface area contributed by atoms with Crippen LogP contribution in [0.2, 0.25) is 0 Å². The second kappa shape index (κ2) is 7.04. The number of aliphatic hydroxyl groups excluding tert-OH is 1. The third-order valence-corrected chi connectivity index (χ3v) is 2.88. The summed E-state index contributed by atoms with van der Waals surface area (Å²) < 4.78 is 0. The number of aliphatic hydroxyl groups is 1. The molecule has 0 bridgehead atoms. The molecule has 3 unspecified atom stereocenters. The van der Waals surface area contributed by atoms with Gasteiger partial charge in [-0.25, -0.2) is 0 Å². The zero-order valence-corrected chi connectivity index (χ0v) is 9.93. The third-order valence-electron chi connectivity index (χ3n) is 2.88. The fourth-order valence-electron chi connectivity index (χ4n) is 1.93. The van der Waals surface area contributed by atoms with Crippen LogP contribution in [0.4, 0.5) is 0 Å². The van der Waals surface area contributed by atoms with Gasteiger partial charge in [0.2, 0.25) is 5.91 Å². The Morgan fingerprint density at radius 3 is 2.67 bits per heavy atom. The zero-order chi connectivity index (χ0) is 10.6. The molecule has 1 saturated carbocycles. The second-order valence-electron chi connectivity index (χ2n) is 4.13. The van der Waals surface area contributed by atoms with Crippen LogP contribution in [-0.2, 0) is 4.79 Å². The lowest BCUT2D eigenvalue weighted by Crippen LogP contribution is -2.48. The van der Waals surface area contributed by atoms with Crippen molar-refractivity contribution >= 4 is 18.3 Å². The van der Waals surface area contributed by atoms with Gasteiger partial charge in [0, 0.05) is 18.6 Å². The van der Waals surface area contributed by atoms with E-state index in [1.807, 2.05) is 0 Å². The van der Waals surface area contributed by atoms with Gasteiger partial charge in [-0.3, -0.25) is 4.79 Å². The molecule has 1 fully saturated rings. The maximum atomic E-state index is 11.4. The summed E-state index contributed by atoms with van der Waals surface area (Å²) in [5, 5.41) is 12.0. The van der Waals surface area contributed by atoms with Gasteiger partial charge in [0.05, 0.1) is 6.04 Å². The molecule has 1 aliphatic carbocycles. The van der Waals surface area contributed by atoms with Crippen molar-refractivity contribution in [2.24, 2.45) is 11.7 Å². The summed E-state index contributed by atoms with van der Waals surface area (Å²) in [6.07, 6.45) is 4.24. The first kappa shape index (κ1) is 14.7. The summed E-state index contributed by atoms with van der Waals surface area (Å²) in [5.41, 5.74) is 5.47. The average Bonchev–Trinajstić information content (AvgIpc) is 2.18. The largest absolute Gasteiger partial charge is 0.396 e. The van der Waals surface area contributed by atoms with E-state index in [0.29, 0.717) is 0 Å². The van der Waals surface area contributed by atoms with Gasteiger partial charge in [-0.15, -0.1) is 12.4 Å². The van der Waals surface area contributed by atoms with E-state index in [1.165, 1.54) is 0 Å². The summed E-state index contributed by atoms with van der Waals surface area (Å²) in [4.78, 5) is 11.4. The molecule has 0 spiro atoms. The molecule has 90 valence electrons. The molecule has 0 heterocycles. The molecule has 0 aromatic rings. The highest BCUT2D eigenvalue weighted by molar-refractivity contribution is 5.85. The van der Waals surface area contributed by atoms with E-state index >= 15 is 0 Å². The van der Waals surface area contributed by atoms with E-state index in [9.17, 15) is 4.79 Å². The number of nitrogens with two attached hydrogens (primary N) is 1. The minimum atomic E-state index is -0.462. The van der Waals surface area contributed by atoms with Gasteiger partial charge in [-0.2, -0.15) is 0 Å². The van der Waals surface area contributed by atoms with Crippen LogP contribution in [0.3, 0.4) is 0 Å². The van der Waals surface area contributed by atoms with Crippen molar-refractivity contribution in [3.63, 3.8) is 0 Å². The van der Waals surface area contributed by atoms with E-state index in [2.05, 4.69) is 5.32 Å². The molecule has 5 heteroatoms. The van der Waals surface area contributed by atoms with Crippen molar-refractivity contribution < 1.29 is 9.90 Å². The first-order chi connectivity index (χ1) is 6.65. The van der Waals surface area contributed by atoms with Crippen LogP contribution in [0.25, 0.3) is 0 Å². The van der Waals surface area contributed by atoms with Crippen LogP contribution in [0, 0.1) is 5.92 Å². The van der Waals surface area contributed by atoms with Gasteiger partial charge in [0.1, 0.15) is 0 Å². The average molecular weight is 237 g/mol. The summed E-state index contributed by atoms with van der Waals surface area (Å²) in [6, 6.07) is -0.344. The Morgan fingerprint density at radius 1 is 1.53 bits per heavy atom. The number of carbonyl (C=O) groups is 1. The minimum Gasteiger partial charge on any atom is -0.396 e. The molecule has 1 amide bonds. The van der Waals surface area contributed by atoms with Gasteiger partial charge in [0.15, 0.2) is 0 Å². The van der Waals surface area contributed by atoms with Gasteiger partial charge in [-0.1, -0.05) is 12.8 Å². The molecule has 0 aromatic carbocycles. The highest BCUT2D eigenvalue weighted by atomic mass is 35.5. The molecule has 1 rings (SSSR count). The van der Waals surface area contributed by atoms with Crippen molar-refractivity contribution in [3.8, 4) is 0 Å².